The number of nitrogens with zero attached hydrogens (tertiary/aromatic N) is 2. The topological polar surface area (TPSA) is 67.3 Å². The number of halogens is 7. The summed E-state index contributed by atoms with van der Waals surface area (Å²) in [7, 11) is -3.19. The molecule has 0 N–H and O–H groups in total. The predicted molar refractivity (Wildman–Crippen MR) is 135 cm³/mol. The predicted octanol–water partition coefficient (Wildman–Crippen LogP) is 5.61. The van der Waals surface area contributed by atoms with E-state index in [1.54, 1.807) is 23.2 Å². The average molecular weight is 607 g/mol. The standard InChI is InChI=1S/C28H29F7N2O3S/c29-26(27(30,31)32,28(33,34)35)20-5-6-22-19(17-20)4-7-23-25(22,11-8-21-3-1-2-13-36-21)12-14-37(23)24(38)18-9-15-41(39,40)16-10-18/h1-3,5-6,13,17-18,23H,4,7-12,14-16H2. The van der Waals surface area contributed by atoms with Gasteiger partial charge in [-0.25, -0.2) is 12.8 Å². The van der Waals surface area contributed by atoms with E-state index in [0.717, 1.165) is 5.69 Å². The molecule has 0 bridgehead atoms. The van der Waals surface area contributed by atoms with Crippen molar-refractivity contribution in [1.29, 1.82) is 0 Å². The summed E-state index contributed by atoms with van der Waals surface area (Å²) in [6.45, 7) is 0.314. The maximum atomic E-state index is 14.9. The summed E-state index contributed by atoms with van der Waals surface area (Å²) < 4.78 is 120. The number of hydrogen-bond acceptors (Lipinski definition) is 4. The Hall–Kier alpha value is -2.70. The van der Waals surface area contributed by atoms with Crippen molar-refractivity contribution in [3.8, 4) is 0 Å². The van der Waals surface area contributed by atoms with E-state index in [1.165, 1.54) is 6.07 Å². The molecule has 5 rings (SSSR count). The van der Waals surface area contributed by atoms with Crippen LogP contribution in [0.15, 0.2) is 42.6 Å². The lowest BCUT2D eigenvalue weighted by molar-refractivity contribution is -0.348. The fraction of sp³-hybridized carbons (Fsp3) is 0.571. The molecule has 2 saturated heterocycles. The number of rotatable bonds is 5. The molecular formula is C28H29F7N2O3S. The second-order valence-electron chi connectivity index (χ2n) is 11.3. The Morgan fingerprint density at radius 3 is 2.27 bits per heavy atom. The SMILES string of the molecule is O=C(C1CCS(=O)(=O)CC1)N1CCC2(CCc3ccccn3)c3ccc(C(F)(C(F)(F)F)C(F)(F)F)cc3CCC12. The second-order valence-corrected chi connectivity index (χ2v) is 13.6. The van der Waals surface area contributed by atoms with Crippen LogP contribution < -0.4 is 0 Å². The van der Waals surface area contributed by atoms with Gasteiger partial charge in [-0.15, -0.1) is 0 Å². The lowest BCUT2D eigenvalue weighted by Crippen LogP contribution is -2.51. The molecule has 2 aliphatic heterocycles. The first-order valence-electron chi connectivity index (χ1n) is 13.5. The molecule has 0 spiro atoms. The van der Waals surface area contributed by atoms with Crippen LogP contribution in [0.2, 0.25) is 0 Å². The van der Waals surface area contributed by atoms with Gasteiger partial charge in [-0.2, -0.15) is 26.3 Å². The second kappa shape index (κ2) is 10.2. The summed E-state index contributed by atoms with van der Waals surface area (Å²) in [5.41, 5.74) is -6.37. The molecule has 1 amide bonds. The van der Waals surface area contributed by atoms with E-state index in [0.29, 0.717) is 43.5 Å². The van der Waals surface area contributed by atoms with Crippen LogP contribution in [0.1, 0.15) is 54.5 Å². The number of aryl methyl sites for hydroxylation is 2. The maximum absolute atomic E-state index is 14.9. The first-order valence-corrected chi connectivity index (χ1v) is 15.3. The summed E-state index contributed by atoms with van der Waals surface area (Å²) in [4.78, 5) is 19.7. The van der Waals surface area contributed by atoms with Gasteiger partial charge in [0.2, 0.25) is 5.91 Å². The molecular weight excluding hydrogens is 577 g/mol. The van der Waals surface area contributed by atoms with Crippen LogP contribution in [-0.4, -0.2) is 60.7 Å². The van der Waals surface area contributed by atoms with Crippen molar-refractivity contribution in [2.24, 2.45) is 5.92 Å². The van der Waals surface area contributed by atoms with Crippen molar-refractivity contribution in [2.75, 3.05) is 18.1 Å². The van der Waals surface area contributed by atoms with Gasteiger partial charge in [0.25, 0.3) is 0 Å². The zero-order chi connectivity index (χ0) is 29.8. The van der Waals surface area contributed by atoms with Gasteiger partial charge in [-0.3, -0.25) is 9.78 Å². The molecule has 0 saturated carbocycles. The molecule has 13 heteroatoms. The molecule has 3 heterocycles. The van der Waals surface area contributed by atoms with E-state index in [4.69, 9.17) is 0 Å². The van der Waals surface area contributed by atoms with Crippen LogP contribution in [-0.2, 0) is 38.6 Å². The molecule has 0 radical (unpaired) electrons. The molecule has 2 atom stereocenters. The Kier molecular flexibility index (Phi) is 7.43. The van der Waals surface area contributed by atoms with Gasteiger partial charge in [0.05, 0.1) is 11.5 Å². The molecule has 1 aromatic heterocycles. The number of fused-ring (bicyclic) bond motifs is 3. The van der Waals surface area contributed by atoms with Crippen LogP contribution in [0.25, 0.3) is 0 Å². The average Bonchev–Trinajstić information content (AvgIpc) is 3.30. The van der Waals surface area contributed by atoms with Crippen LogP contribution in [0, 0.1) is 5.92 Å². The Bertz CT molecular complexity index is 1380. The number of aromatic nitrogens is 1. The van der Waals surface area contributed by atoms with E-state index in [1.807, 2.05) is 6.07 Å². The van der Waals surface area contributed by atoms with E-state index in [2.05, 4.69) is 4.98 Å². The van der Waals surface area contributed by atoms with Crippen molar-refractivity contribution in [3.63, 3.8) is 0 Å². The van der Waals surface area contributed by atoms with Crippen LogP contribution >= 0.6 is 0 Å². The highest BCUT2D eigenvalue weighted by Crippen LogP contribution is 2.55. The Balaban J connectivity index is 1.53. The monoisotopic (exact) mass is 606 g/mol. The number of alkyl halides is 7. The number of benzene rings is 1. The molecule has 41 heavy (non-hydrogen) atoms. The lowest BCUT2D eigenvalue weighted by atomic mass is 9.63. The lowest BCUT2D eigenvalue weighted by Gasteiger charge is -2.44. The number of amides is 1. The molecule has 2 fully saturated rings. The van der Waals surface area contributed by atoms with Gasteiger partial charge in [-0.1, -0.05) is 24.3 Å². The highest BCUT2D eigenvalue weighted by molar-refractivity contribution is 7.91. The Morgan fingerprint density at radius 1 is 0.976 bits per heavy atom. The summed E-state index contributed by atoms with van der Waals surface area (Å²) >= 11 is 0. The summed E-state index contributed by atoms with van der Waals surface area (Å²) in [6, 6.07) is 7.39. The van der Waals surface area contributed by atoms with Crippen LogP contribution in [0.5, 0.6) is 0 Å². The summed E-state index contributed by atoms with van der Waals surface area (Å²) in [5.74, 6) is -0.815. The highest BCUT2D eigenvalue weighted by Gasteiger charge is 2.73. The summed E-state index contributed by atoms with van der Waals surface area (Å²) in [5, 5.41) is 0. The zero-order valence-corrected chi connectivity index (χ0v) is 22.8. The van der Waals surface area contributed by atoms with Gasteiger partial charge in [-0.05, 0) is 68.2 Å². The first kappa shape index (κ1) is 29.8. The number of carbonyl (C=O) groups is 1. The number of carbonyl (C=O) groups excluding carboxylic acids is 1. The van der Waals surface area contributed by atoms with Gasteiger partial charge in [0.1, 0.15) is 9.84 Å². The Labute approximate surface area is 233 Å². The first-order chi connectivity index (χ1) is 19.1. The quantitative estimate of drug-likeness (QED) is 0.415. The minimum Gasteiger partial charge on any atom is -0.339 e. The molecule has 3 aliphatic rings. The fourth-order valence-corrected chi connectivity index (χ4v) is 8.42. The fourth-order valence-electron chi connectivity index (χ4n) is 6.93. The van der Waals surface area contributed by atoms with E-state index in [-0.39, 0.29) is 48.7 Å². The third kappa shape index (κ3) is 5.12. The molecule has 224 valence electrons. The van der Waals surface area contributed by atoms with Crippen molar-refractivity contribution >= 4 is 15.7 Å². The molecule has 2 unspecified atom stereocenters. The third-order valence-electron chi connectivity index (χ3n) is 9.06. The molecule has 2 aromatic rings. The molecule has 5 nitrogen and oxygen atoms in total. The van der Waals surface area contributed by atoms with E-state index >= 15 is 0 Å². The van der Waals surface area contributed by atoms with E-state index in [9.17, 15) is 43.9 Å². The van der Waals surface area contributed by atoms with Crippen molar-refractivity contribution < 1.29 is 43.9 Å². The van der Waals surface area contributed by atoms with Crippen LogP contribution in [0.4, 0.5) is 30.7 Å². The Morgan fingerprint density at radius 2 is 1.66 bits per heavy atom. The molecule has 1 aliphatic carbocycles. The highest BCUT2D eigenvalue weighted by atomic mass is 32.2. The van der Waals surface area contributed by atoms with Gasteiger partial charge >= 0.3 is 18.0 Å². The number of pyridine rings is 1. The van der Waals surface area contributed by atoms with Crippen molar-refractivity contribution in [3.05, 3.63) is 65.0 Å². The minimum absolute atomic E-state index is 0.0633. The molecule has 1 aromatic carbocycles. The maximum Gasteiger partial charge on any atom is 0.435 e. The van der Waals surface area contributed by atoms with Crippen LogP contribution in [0.3, 0.4) is 0 Å². The van der Waals surface area contributed by atoms with Crippen molar-refractivity contribution in [2.45, 2.75) is 74.4 Å². The van der Waals surface area contributed by atoms with Gasteiger partial charge < -0.3 is 4.90 Å². The number of sulfone groups is 1. The zero-order valence-electron chi connectivity index (χ0n) is 21.9. The minimum atomic E-state index is -6.21. The number of hydrogen-bond donors (Lipinski definition) is 0. The van der Waals surface area contributed by atoms with Crippen molar-refractivity contribution in [1.82, 2.24) is 9.88 Å². The summed E-state index contributed by atoms with van der Waals surface area (Å²) in [6.07, 6.45) is -8.79. The smallest absolute Gasteiger partial charge is 0.339 e. The third-order valence-corrected chi connectivity index (χ3v) is 10.8. The largest absolute Gasteiger partial charge is 0.435 e. The number of likely N-dealkylation sites (tertiary alicyclic amines) is 1. The van der Waals surface area contributed by atoms with Gasteiger partial charge in [0.15, 0.2) is 0 Å². The van der Waals surface area contributed by atoms with E-state index < -0.39 is 50.8 Å². The van der Waals surface area contributed by atoms with Gasteiger partial charge in [0, 0.05) is 41.4 Å². The normalized spacial score (nSPS) is 25.0.